The van der Waals surface area contributed by atoms with Crippen molar-refractivity contribution in [3.05, 3.63) is 172 Å². The van der Waals surface area contributed by atoms with Crippen LogP contribution in [-0.2, 0) is 25.7 Å². The van der Waals surface area contributed by atoms with Gasteiger partial charge in [0.2, 0.25) is 0 Å². The van der Waals surface area contributed by atoms with Gasteiger partial charge in [0, 0.05) is 37.6 Å². The molecule has 0 radical (unpaired) electrons. The third kappa shape index (κ3) is 12.9. The summed E-state index contributed by atoms with van der Waals surface area (Å²) in [5.41, 5.74) is 12.3. The van der Waals surface area contributed by atoms with Gasteiger partial charge in [-0.2, -0.15) is 0 Å². The van der Waals surface area contributed by atoms with E-state index in [2.05, 4.69) is 142 Å². The molecule has 68 heavy (non-hydrogen) atoms. The fraction of sp³-hybridized carbons (Fsp3) is 0.407. The van der Waals surface area contributed by atoms with Crippen molar-refractivity contribution >= 4 is 11.4 Å². The van der Waals surface area contributed by atoms with Crippen LogP contribution in [0.5, 0.6) is 23.0 Å². The van der Waals surface area contributed by atoms with E-state index in [1.807, 2.05) is 31.3 Å². The van der Waals surface area contributed by atoms with Crippen molar-refractivity contribution < 1.29 is 19.7 Å². The monoisotopic (exact) mass is 916 g/mol. The fourth-order valence-corrected chi connectivity index (χ4v) is 10.2. The van der Waals surface area contributed by atoms with Crippen molar-refractivity contribution in [2.45, 2.75) is 91.1 Å². The largest absolute Gasteiger partial charge is 0.508 e. The molecular formula is C59H73N5O4. The van der Waals surface area contributed by atoms with Gasteiger partial charge in [-0.3, -0.25) is 9.88 Å². The summed E-state index contributed by atoms with van der Waals surface area (Å²) in [6.45, 7) is 18.4. The minimum absolute atomic E-state index is 0.188. The Balaban J connectivity index is 0.000000184. The van der Waals surface area contributed by atoms with Crippen molar-refractivity contribution in [1.29, 1.82) is 0 Å². The summed E-state index contributed by atoms with van der Waals surface area (Å²) in [4.78, 5) is 14.4. The van der Waals surface area contributed by atoms with Crippen LogP contribution in [0, 0.1) is 13.8 Å². The SMILES string of the molecule is CCCN(CC)CCOc1ccc(CC2c3ccc(O)cc3CCN2c2ccc(C)nc2)cc1.Cc1ccc(N2CCc3cc(O)ccc3C2Cc2ccc(OCCN3CCCCC3)cc2)cc1. The molecule has 0 spiro atoms. The molecule has 3 aliphatic rings. The number of phenols is 2. The van der Waals surface area contributed by atoms with E-state index < -0.39 is 0 Å². The normalized spacial score (nSPS) is 17.0. The third-order valence-electron chi connectivity index (χ3n) is 14.1. The van der Waals surface area contributed by atoms with Crippen LogP contribution in [-0.4, -0.2) is 90.6 Å². The molecule has 3 aliphatic heterocycles. The smallest absolute Gasteiger partial charge is 0.119 e. The molecule has 0 amide bonds. The zero-order valence-electron chi connectivity index (χ0n) is 41.0. The Labute approximate surface area is 406 Å². The summed E-state index contributed by atoms with van der Waals surface area (Å²) in [6.07, 6.45) is 10.8. The first kappa shape index (κ1) is 48.4. The molecule has 1 saturated heterocycles. The number of hydrogen-bond acceptors (Lipinski definition) is 9. The Morgan fingerprint density at radius 3 is 1.66 bits per heavy atom. The van der Waals surface area contributed by atoms with Gasteiger partial charge in [0.05, 0.1) is 24.0 Å². The second-order valence-corrected chi connectivity index (χ2v) is 18.9. The van der Waals surface area contributed by atoms with E-state index in [1.165, 1.54) is 83.4 Å². The number of ether oxygens (including phenoxy) is 2. The lowest BCUT2D eigenvalue weighted by Gasteiger charge is -2.39. The van der Waals surface area contributed by atoms with Crippen molar-refractivity contribution in [1.82, 2.24) is 14.8 Å². The molecule has 2 unspecified atom stereocenters. The topological polar surface area (TPSA) is 84.8 Å². The Bertz CT molecular complexity index is 2310. The highest BCUT2D eigenvalue weighted by molar-refractivity contribution is 5.55. The number of aryl methyl sites for hydroxylation is 2. The molecule has 9 nitrogen and oxygen atoms in total. The molecule has 4 heterocycles. The Kier molecular flexibility index (Phi) is 17.0. The van der Waals surface area contributed by atoms with E-state index >= 15 is 0 Å². The number of nitrogens with zero attached hydrogens (tertiary/aromatic N) is 5. The predicted molar refractivity (Wildman–Crippen MR) is 278 cm³/mol. The highest BCUT2D eigenvalue weighted by atomic mass is 16.5. The summed E-state index contributed by atoms with van der Waals surface area (Å²) in [7, 11) is 0. The summed E-state index contributed by atoms with van der Waals surface area (Å²) >= 11 is 0. The van der Waals surface area contributed by atoms with Crippen LogP contribution in [0.4, 0.5) is 11.4 Å². The molecule has 358 valence electrons. The van der Waals surface area contributed by atoms with Gasteiger partial charge in [-0.05, 0) is 191 Å². The van der Waals surface area contributed by atoms with Crippen molar-refractivity contribution in [3.63, 3.8) is 0 Å². The maximum atomic E-state index is 10.0. The standard InChI is InChI=1S/C30H36N2O2.C29H37N3O2/c1-23-5-9-26(10-6-23)32-18-15-25-22-27(33)11-14-29(25)30(32)21-24-7-12-28(13-8-24)34-20-19-31-16-3-2-4-17-31;1-4-15-31(5-2)17-18-34-27-11-7-23(8-12-27)19-29-28-13-10-26(33)20-24(28)14-16-32(29)25-9-6-22(3)30-21-25/h5-14,22,30,33H,2-4,15-21H2,1H3;6-13,20-21,29,33H,4-5,14-19H2,1-3H3. The quantitative estimate of drug-likeness (QED) is 0.0929. The number of benzene rings is 5. The van der Waals surface area contributed by atoms with Crippen LogP contribution in [0.15, 0.2) is 128 Å². The third-order valence-corrected chi connectivity index (χ3v) is 14.1. The van der Waals surface area contributed by atoms with Gasteiger partial charge in [-0.1, -0.05) is 74.4 Å². The lowest BCUT2D eigenvalue weighted by atomic mass is 9.88. The van der Waals surface area contributed by atoms with Gasteiger partial charge in [0.15, 0.2) is 0 Å². The number of anilines is 2. The highest BCUT2D eigenvalue weighted by Gasteiger charge is 2.30. The summed E-state index contributed by atoms with van der Waals surface area (Å²) in [5.74, 6) is 2.56. The molecule has 5 aromatic carbocycles. The van der Waals surface area contributed by atoms with Gasteiger partial charge in [-0.15, -0.1) is 0 Å². The van der Waals surface area contributed by atoms with Gasteiger partial charge in [0.1, 0.15) is 36.2 Å². The predicted octanol–water partition coefficient (Wildman–Crippen LogP) is 11.5. The van der Waals surface area contributed by atoms with Crippen molar-refractivity contribution in [2.24, 2.45) is 0 Å². The molecule has 0 bridgehead atoms. The Morgan fingerprint density at radius 2 is 1.13 bits per heavy atom. The number of fused-ring (bicyclic) bond motifs is 2. The first-order valence-electron chi connectivity index (χ1n) is 25.3. The van der Waals surface area contributed by atoms with Crippen LogP contribution in [0.25, 0.3) is 0 Å². The minimum Gasteiger partial charge on any atom is -0.508 e. The van der Waals surface area contributed by atoms with E-state index in [-0.39, 0.29) is 12.1 Å². The van der Waals surface area contributed by atoms with E-state index in [9.17, 15) is 10.2 Å². The molecule has 6 aromatic rings. The molecule has 0 saturated carbocycles. The van der Waals surface area contributed by atoms with Crippen molar-refractivity contribution in [3.8, 4) is 23.0 Å². The zero-order valence-corrected chi connectivity index (χ0v) is 41.0. The molecule has 1 fully saturated rings. The van der Waals surface area contributed by atoms with Gasteiger partial charge >= 0.3 is 0 Å². The number of hydrogen-bond donors (Lipinski definition) is 2. The van der Waals surface area contributed by atoms with E-state index in [0.717, 1.165) is 94.4 Å². The summed E-state index contributed by atoms with van der Waals surface area (Å²) in [5, 5.41) is 20.1. The molecule has 2 N–H and O–H groups in total. The van der Waals surface area contributed by atoms with Crippen LogP contribution in [0.2, 0.25) is 0 Å². The molecule has 9 rings (SSSR count). The van der Waals surface area contributed by atoms with Gasteiger partial charge < -0.3 is 34.4 Å². The van der Waals surface area contributed by atoms with Crippen LogP contribution < -0.4 is 19.3 Å². The van der Waals surface area contributed by atoms with Crippen LogP contribution >= 0.6 is 0 Å². The molecule has 0 aliphatic carbocycles. The van der Waals surface area contributed by atoms with Crippen molar-refractivity contribution in [2.75, 3.05) is 75.4 Å². The number of rotatable bonds is 17. The lowest BCUT2D eigenvalue weighted by molar-refractivity contribution is 0.183. The number of piperidine rings is 1. The number of aromatic nitrogens is 1. The summed E-state index contributed by atoms with van der Waals surface area (Å²) in [6, 6.07) is 42.3. The lowest BCUT2D eigenvalue weighted by Crippen LogP contribution is -2.36. The maximum Gasteiger partial charge on any atom is 0.119 e. The van der Waals surface area contributed by atoms with E-state index in [4.69, 9.17) is 9.47 Å². The Morgan fingerprint density at radius 1 is 0.588 bits per heavy atom. The molecular weight excluding hydrogens is 843 g/mol. The van der Waals surface area contributed by atoms with E-state index in [0.29, 0.717) is 18.1 Å². The number of likely N-dealkylation sites (N-methyl/N-ethyl adjacent to an activating group) is 1. The maximum absolute atomic E-state index is 10.0. The summed E-state index contributed by atoms with van der Waals surface area (Å²) < 4.78 is 12.1. The van der Waals surface area contributed by atoms with Crippen LogP contribution in [0.3, 0.4) is 0 Å². The van der Waals surface area contributed by atoms with Gasteiger partial charge in [0.25, 0.3) is 0 Å². The van der Waals surface area contributed by atoms with E-state index in [1.54, 1.807) is 6.07 Å². The number of phenolic OH excluding ortho intramolecular Hbond substituents is 2. The average molecular weight is 916 g/mol. The first-order chi connectivity index (χ1) is 33.2. The number of aromatic hydroxyl groups is 2. The highest BCUT2D eigenvalue weighted by Crippen LogP contribution is 2.39. The number of likely N-dealkylation sites (tertiary alicyclic amines) is 1. The molecule has 1 aromatic heterocycles. The molecule has 9 heteroatoms. The zero-order chi connectivity index (χ0) is 47.2. The first-order valence-corrected chi connectivity index (χ1v) is 25.3. The van der Waals surface area contributed by atoms with Gasteiger partial charge in [-0.25, -0.2) is 0 Å². The fourth-order valence-electron chi connectivity index (χ4n) is 10.2. The van der Waals surface area contributed by atoms with Crippen LogP contribution in [0.1, 0.15) is 96.3 Å². The average Bonchev–Trinajstić information content (AvgIpc) is 3.36. The second-order valence-electron chi connectivity index (χ2n) is 18.9. The Hall–Kier alpha value is -6.03. The molecule has 2 atom stereocenters. The second kappa shape index (κ2) is 23.8. The number of pyridine rings is 1. The minimum atomic E-state index is 0.188.